The zero-order valence-electron chi connectivity index (χ0n) is 15.6. The SMILES string of the molecule is CCOC(=O)NC(=O)/C(C#N)=N/Nc1ccc(Oc2ccc(OC)c(Br)c2)cc1. The summed E-state index contributed by atoms with van der Waals surface area (Å²) in [5.41, 5.74) is 2.55. The van der Waals surface area contributed by atoms with Gasteiger partial charge in [0.15, 0.2) is 0 Å². The van der Waals surface area contributed by atoms with Gasteiger partial charge in [-0.15, -0.1) is 0 Å². The van der Waals surface area contributed by atoms with Crippen LogP contribution in [0.1, 0.15) is 6.92 Å². The molecule has 0 saturated carbocycles. The smallest absolute Gasteiger partial charge is 0.414 e. The topological polar surface area (TPSA) is 122 Å². The van der Waals surface area contributed by atoms with Gasteiger partial charge in [-0.2, -0.15) is 10.4 Å². The summed E-state index contributed by atoms with van der Waals surface area (Å²) >= 11 is 3.39. The minimum atomic E-state index is -0.969. The molecule has 2 amide bonds. The lowest BCUT2D eigenvalue weighted by Crippen LogP contribution is -2.36. The summed E-state index contributed by atoms with van der Waals surface area (Å²) in [6.07, 6.45) is -0.952. The fraction of sp³-hybridized carbons (Fsp3) is 0.158. The molecule has 9 nitrogen and oxygen atoms in total. The number of rotatable bonds is 7. The summed E-state index contributed by atoms with van der Waals surface area (Å²) < 4.78 is 16.3. The summed E-state index contributed by atoms with van der Waals surface area (Å²) in [5.74, 6) is 0.898. The van der Waals surface area contributed by atoms with E-state index in [0.29, 0.717) is 22.9 Å². The molecule has 0 aromatic heterocycles. The molecule has 2 aromatic carbocycles. The van der Waals surface area contributed by atoms with E-state index in [1.54, 1.807) is 62.6 Å². The molecule has 29 heavy (non-hydrogen) atoms. The van der Waals surface area contributed by atoms with E-state index in [1.165, 1.54) is 0 Å². The van der Waals surface area contributed by atoms with Crippen LogP contribution >= 0.6 is 15.9 Å². The van der Waals surface area contributed by atoms with Crippen LogP contribution in [0.15, 0.2) is 52.0 Å². The van der Waals surface area contributed by atoms with Crippen molar-refractivity contribution in [3.63, 3.8) is 0 Å². The van der Waals surface area contributed by atoms with Crippen LogP contribution < -0.4 is 20.2 Å². The third-order valence-corrected chi connectivity index (χ3v) is 3.94. The molecule has 10 heteroatoms. The van der Waals surface area contributed by atoms with Crippen LogP contribution in [0.25, 0.3) is 0 Å². The maximum atomic E-state index is 11.8. The first kappa shape index (κ1) is 21.7. The van der Waals surface area contributed by atoms with E-state index >= 15 is 0 Å². The number of carbonyl (C=O) groups is 2. The second-order valence-electron chi connectivity index (χ2n) is 5.28. The summed E-state index contributed by atoms with van der Waals surface area (Å²) in [6, 6.07) is 13.6. The van der Waals surface area contributed by atoms with Gasteiger partial charge >= 0.3 is 6.09 Å². The predicted molar refractivity (Wildman–Crippen MR) is 109 cm³/mol. The fourth-order valence-electron chi connectivity index (χ4n) is 2.01. The van der Waals surface area contributed by atoms with Gasteiger partial charge in [-0.05, 0) is 65.3 Å². The molecule has 0 aliphatic carbocycles. The molecule has 2 rings (SSSR count). The number of alkyl carbamates (subject to hydrolysis) is 1. The lowest BCUT2D eigenvalue weighted by atomic mass is 10.3. The summed E-state index contributed by atoms with van der Waals surface area (Å²) in [7, 11) is 1.58. The quantitative estimate of drug-likeness (QED) is 0.475. The molecule has 150 valence electrons. The molecule has 0 heterocycles. The summed E-state index contributed by atoms with van der Waals surface area (Å²) in [4.78, 5) is 23.0. The largest absolute Gasteiger partial charge is 0.496 e. The predicted octanol–water partition coefficient (Wildman–Crippen LogP) is 3.81. The average molecular weight is 461 g/mol. The Morgan fingerprint density at radius 2 is 1.86 bits per heavy atom. The van der Waals surface area contributed by atoms with Gasteiger partial charge < -0.3 is 14.2 Å². The zero-order valence-corrected chi connectivity index (χ0v) is 17.1. The number of nitrogens with one attached hydrogen (secondary N) is 2. The Labute approximate surface area is 175 Å². The number of hydrogen-bond acceptors (Lipinski definition) is 8. The molecule has 0 atom stereocenters. The van der Waals surface area contributed by atoms with Gasteiger partial charge in [-0.25, -0.2) is 4.79 Å². The molecule has 0 aliphatic heterocycles. The molecule has 0 saturated heterocycles. The highest BCUT2D eigenvalue weighted by Crippen LogP contribution is 2.31. The number of anilines is 1. The second kappa shape index (κ2) is 10.7. The fourth-order valence-corrected chi connectivity index (χ4v) is 2.53. The van der Waals surface area contributed by atoms with Crippen molar-refractivity contribution in [2.24, 2.45) is 5.10 Å². The minimum Gasteiger partial charge on any atom is -0.496 e. The first-order valence-corrected chi connectivity index (χ1v) is 9.09. The third-order valence-electron chi connectivity index (χ3n) is 3.32. The molecule has 0 spiro atoms. The number of nitriles is 1. The summed E-state index contributed by atoms with van der Waals surface area (Å²) in [6.45, 7) is 1.68. The molecule has 0 aliphatic rings. The molecular weight excluding hydrogens is 444 g/mol. The van der Waals surface area contributed by atoms with Gasteiger partial charge in [0.2, 0.25) is 5.71 Å². The van der Waals surface area contributed by atoms with Gasteiger partial charge in [0.25, 0.3) is 5.91 Å². The van der Waals surface area contributed by atoms with Crippen LogP contribution in [0, 0.1) is 11.3 Å². The molecule has 0 unspecified atom stereocenters. The highest BCUT2D eigenvalue weighted by molar-refractivity contribution is 9.10. The number of halogens is 1. The third kappa shape index (κ3) is 6.51. The van der Waals surface area contributed by atoms with E-state index in [9.17, 15) is 9.59 Å². The van der Waals surface area contributed by atoms with Crippen molar-refractivity contribution in [1.29, 1.82) is 5.26 Å². The molecular formula is C19H17BrN4O5. The minimum absolute atomic E-state index is 0.0955. The van der Waals surface area contributed by atoms with Gasteiger partial charge in [0, 0.05) is 0 Å². The van der Waals surface area contributed by atoms with Crippen molar-refractivity contribution in [2.45, 2.75) is 6.92 Å². The maximum absolute atomic E-state index is 11.8. The normalized spacial score (nSPS) is 10.5. The maximum Gasteiger partial charge on any atom is 0.414 e. The molecule has 2 aromatic rings. The number of hydrazone groups is 1. The number of nitrogens with zero attached hydrogens (tertiary/aromatic N) is 2. The summed E-state index contributed by atoms with van der Waals surface area (Å²) in [5, 5.41) is 14.6. The van der Waals surface area contributed by atoms with Crippen molar-refractivity contribution >= 4 is 39.3 Å². The van der Waals surface area contributed by atoms with E-state index < -0.39 is 17.7 Å². The van der Waals surface area contributed by atoms with Crippen molar-refractivity contribution in [2.75, 3.05) is 19.1 Å². The van der Waals surface area contributed by atoms with E-state index in [1.807, 2.05) is 5.32 Å². The number of hydrogen-bond donors (Lipinski definition) is 2. The van der Waals surface area contributed by atoms with Gasteiger partial charge in [-0.3, -0.25) is 15.5 Å². The Balaban J connectivity index is 1.99. The van der Waals surface area contributed by atoms with E-state index in [4.69, 9.17) is 14.7 Å². The monoisotopic (exact) mass is 460 g/mol. The molecule has 0 bridgehead atoms. The highest BCUT2D eigenvalue weighted by Gasteiger charge is 2.15. The number of carbonyl (C=O) groups excluding carboxylic acids is 2. The Bertz CT molecular complexity index is 954. The number of ether oxygens (including phenoxy) is 3. The molecule has 2 N–H and O–H groups in total. The van der Waals surface area contributed by atoms with Crippen LogP contribution in [-0.4, -0.2) is 31.4 Å². The van der Waals surface area contributed by atoms with Crippen LogP contribution in [0.3, 0.4) is 0 Å². The van der Waals surface area contributed by atoms with Crippen LogP contribution in [0.4, 0.5) is 10.5 Å². The first-order chi connectivity index (χ1) is 14.0. The second-order valence-corrected chi connectivity index (χ2v) is 6.14. The number of amides is 2. The molecule has 0 radical (unpaired) electrons. The Kier molecular flexibility index (Phi) is 8.00. The van der Waals surface area contributed by atoms with Crippen LogP contribution in [0.2, 0.25) is 0 Å². The lowest BCUT2D eigenvalue weighted by molar-refractivity contribution is -0.114. The van der Waals surface area contributed by atoms with E-state index in [-0.39, 0.29) is 6.61 Å². The van der Waals surface area contributed by atoms with Crippen molar-refractivity contribution in [3.05, 3.63) is 46.9 Å². The Morgan fingerprint density at radius 1 is 1.17 bits per heavy atom. The van der Waals surface area contributed by atoms with E-state index in [0.717, 1.165) is 4.47 Å². The lowest BCUT2D eigenvalue weighted by Gasteiger charge is -2.09. The zero-order chi connectivity index (χ0) is 21.2. The van der Waals surface area contributed by atoms with Gasteiger partial charge in [0.1, 0.15) is 23.3 Å². The van der Waals surface area contributed by atoms with Crippen molar-refractivity contribution in [3.8, 4) is 23.3 Å². The van der Waals surface area contributed by atoms with Crippen LogP contribution in [0.5, 0.6) is 17.2 Å². The van der Waals surface area contributed by atoms with Crippen molar-refractivity contribution < 1.29 is 23.8 Å². The average Bonchev–Trinajstić information content (AvgIpc) is 2.70. The standard InChI is InChI=1S/C19H17BrN4O5/c1-3-28-19(26)22-18(25)16(11-21)24-23-12-4-6-13(7-5-12)29-14-8-9-17(27-2)15(20)10-14/h4-10,23H,3H2,1-2H3,(H,22,25,26)/b24-16+. The van der Waals surface area contributed by atoms with Crippen LogP contribution in [-0.2, 0) is 9.53 Å². The van der Waals surface area contributed by atoms with Gasteiger partial charge in [0.05, 0.1) is 23.9 Å². The Hall–Kier alpha value is -3.58. The van der Waals surface area contributed by atoms with Gasteiger partial charge in [-0.1, -0.05) is 0 Å². The van der Waals surface area contributed by atoms with E-state index in [2.05, 4.69) is 31.2 Å². The number of imide groups is 1. The number of benzene rings is 2. The molecule has 0 fully saturated rings. The highest BCUT2D eigenvalue weighted by atomic mass is 79.9. The first-order valence-electron chi connectivity index (χ1n) is 8.30. The van der Waals surface area contributed by atoms with Crippen molar-refractivity contribution in [1.82, 2.24) is 5.32 Å². The Morgan fingerprint density at radius 3 is 2.45 bits per heavy atom. The number of methoxy groups -OCH3 is 1.